The van der Waals surface area contributed by atoms with E-state index in [4.69, 9.17) is 33.2 Å². The fraction of sp³-hybridized carbons (Fsp3) is 0.771. The SMILES string of the molecule is CCN1C[C@]2(COC)[C@H](O)C[C@H](OC)C34C1C([C@H](OC)[C@@H]32)[C@]1(OC(C)=O)[C@@H]2[C@H]4C[C@@](O)([C@@H]2OC(=O)c2ccc(OC)cc2)[C@@H](OC)[C@@H]1O. The van der Waals surface area contributed by atoms with Crippen LogP contribution in [0.25, 0.3) is 0 Å². The van der Waals surface area contributed by atoms with Crippen LogP contribution in [0.2, 0.25) is 0 Å². The summed E-state index contributed by atoms with van der Waals surface area (Å²) in [5.74, 6) is -3.23. The van der Waals surface area contributed by atoms with Gasteiger partial charge in [-0.1, -0.05) is 6.92 Å². The van der Waals surface area contributed by atoms with Gasteiger partial charge in [0.05, 0.1) is 37.6 Å². The summed E-state index contributed by atoms with van der Waals surface area (Å²) >= 11 is 0. The number of benzene rings is 1. The van der Waals surface area contributed by atoms with E-state index >= 15 is 0 Å². The minimum absolute atomic E-state index is 0.0591. The van der Waals surface area contributed by atoms with Crippen LogP contribution in [0.1, 0.15) is 37.0 Å². The van der Waals surface area contributed by atoms with E-state index in [0.717, 1.165) is 0 Å². The zero-order valence-electron chi connectivity index (χ0n) is 28.7. The molecule has 3 unspecified atom stereocenters. The van der Waals surface area contributed by atoms with Crippen molar-refractivity contribution in [1.82, 2.24) is 4.90 Å². The Bertz CT molecular complexity index is 1430. The molecule has 6 aliphatic rings. The molecule has 1 spiro atoms. The summed E-state index contributed by atoms with van der Waals surface area (Å²) in [4.78, 5) is 29.5. The summed E-state index contributed by atoms with van der Waals surface area (Å²) in [7, 11) is 7.77. The monoisotopic (exact) mass is 675 g/mol. The smallest absolute Gasteiger partial charge is 0.338 e. The quantitative estimate of drug-likeness (QED) is 0.297. The summed E-state index contributed by atoms with van der Waals surface area (Å²) in [5, 5.41) is 37.4. The standard InChI is InChI=1S/C35H49NO12/c1-8-36-15-32(16-42-3)21(38)13-22(44-5)34-20-14-33(41)29(47-31(40)18-9-11-19(43-4)12-10-18)23(20)35(48-17(2)37,28(39)30(33)46-7)24(27(34)36)25(45-6)26(32)34/h9-12,20-30,38-39,41H,8,13-16H2,1-7H3/t20-,21-,22+,23-,24?,25+,26-,27?,28+,29-,30+,32+,33-,34?,35-/m1/s1. The molecule has 1 heterocycles. The predicted molar refractivity (Wildman–Crippen MR) is 167 cm³/mol. The predicted octanol–water partition coefficient (Wildman–Crippen LogP) is 0.657. The van der Waals surface area contributed by atoms with Crippen molar-refractivity contribution >= 4 is 11.9 Å². The molecule has 1 aromatic carbocycles. The number of ether oxygens (including phenoxy) is 7. The van der Waals surface area contributed by atoms with Gasteiger partial charge in [0.1, 0.15) is 29.7 Å². The van der Waals surface area contributed by atoms with Gasteiger partial charge in [-0.25, -0.2) is 4.79 Å². The van der Waals surface area contributed by atoms with Gasteiger partial charge in [0.25, 0.3) is 0 Å². The highest BCUT2D eigenvalue weighted by Crippen LogP contribution is 2.80. The fourth-order valence-corrected chi connectivity index (χ4v) is 12.5. The Labute approximate surface area is 280 Å². The number of esters is 2. The number of carbonyl (C=O) groups is 2. The third kappa shape index (κ3) is 3.90. The Morgan fingerprint density at radius 1 is 0.979 bits per heavy atom. The van der Waals surface area contributed by atoms with E-state index in [-0.39, 0.29) is 24.6 Å². The third-order valence-electron chi connectivity index (χ3n) is 13.5. The van der Waals surface area contributed by atoms with Crippen LogP contribution in [-0.4, -0.2) is 141 Å². The average molecular weight is 676 g/mol. The lowest BCUT2D eigenvalue weighted by atomic mass is 9.42. The topological polar surface area (TPSA) is 163 Å². The molecule has 7 rings (SSSR count). The van der Waals surface area contributed by atoms with Gasteiger partial charge in [0, 0.05) is 83.0 Å². The van der Waals surface area contributed by atoms with Gasteiger partial charge >= 0.3 is 11.9 Å². The van der Waals surface area contributed by atoms with E-state index in [0.29, 0.717) is 25.3 Å². The number of hydrogen-bond donors (Lipinski definition) is 3. The molecule has 48 heavy (non-hydrogen) atoms. The summed E-state index contributed by atoms with van der Waals surface area (Å²) in [6.07, 6.45) is -5.64. The van der Waals surface area contributed by atoms with Crippen molar-refractivity contribution in [3.63, 3.8) is 0 Å². The Hall–Kier alpha value is -2.36. The molecule has 7 bridgehead atoms. The molecule has 6 fully saturated rings. The van der Waals surface area contributed by atoms with E-state index in [1.807, 2.05) is 6.92 Å². The van der Waals surface area contributed by atoms with E-state index in [1.165, 1.54) is 21.1 Å². The minimum atomic E-state index is -1.86. The zero-order chi connectivity index (χ0) is 34.6. The molecule has 3 N–H and O–H groups in total. The van der Waals surface area contributed by atoms with Gasteiger partial charge in [-0.3, -0.25) is 9.69 Å². The first-order valence-corrected chi connectivity index (χ1v) is 16.9. The molecule has 1 saturated heterocycles. The van der Waals surface area contributed by atoms with Gasteiger partial charge in [-0.2, -0.15) is 0 Å². The highest BCUT2D eigenvalue weighted by molar-refractivity contribution is 5.89. The lowest BCUT2D eigenvalue weighted by Gasteiger charge is -2.70. The molecular weight excluding hydrogens is 626 g/mol. The van der Waals surface area contributed by atoms with E-state index in [9.17, 15) is 24.9 Å². The highest BCUT2D eigenvalue weighted by Gasteiger charge is 2.92. The number of aliphatic hydroxyl groups excluding tert-OH is 2. The second-order valence-electron chi connectivity index (χ2n) is 14.8. The maximum Gasteiger partial charge on any atom is 0.338 e. The van der Waals surface area contributed by atoms with Crippen LogP contribution in [0.5, 0.6) is 5.75 Å². The van der Waals surface area contributed by atoms with Gasteiger partial charge in [-0.15, -0.1) is 0 Å². The zero-order valence-corrected chi connectivity index (χ0v) is 28.7. The van der Waals surface area contributed by atoms with Crippen LogP contribution < -0.4 is 4.74 Å². The summed E-state index contributed by atoms with van der Waals surface area (Å²) in [5.41, 5.74) is -4.94. The first kappa shape index (κ1) is 34.1. The molecule has 15 atom stereocenters. The maximum atomic E-state index is 13.9. The third-order valence-corrected chi connectivity index (χ3v) is 13.5. The van der Waals surface area contributed by atoms with Gasteiger partial charge in [0.2, 0.25) is 0 Å². The van der Waals surface area contributed by atoms with Crippen molar-refractivity contribution < 1.29 is 58.1 Å². The van der Waals surface area contributed by atoms with Crippen molar-refractivity contribution in [1.29, 1.82) is 0 Å². The number of piperidine rings is 1. The minimum Gasteiger partial charge on any atom is -0.497 e. The van der Waals surface area contributed by atoms with Crippen molar-refractivity contribution in [2.24, 2.45) is 34.5 Å². The largest absolute Gasteiger partial charge is 0.497 e. The van der Waals surface area contributed by atoms with Crippen LogP contribution in [0.15, 0.2) is 24.3 Å². The highest BCUT2D eigenvalue weighted by atomic mass is 16.6. The number of rotatable bonds is 10. The molecule has 0 aromatic heterocycles. The molecule has 13 nitrogen and oxygen atoms in total. The number of methoxy groups -OCH3 is 5. The summed E-state index contributed by atoms with van der Waals surface area (Å²) in [6, 6.07) is 6.10. The second kappa shape index (κ2) is 11.6. The molecule has 1 aliphatic heterocycles. The van der Waals surface area contributed by atoms with Gasteiger partial charge < -0.3 is 48.5 Å². The maximum absolute atomic E-state index is 13.9. The Morgan fingerprint density at radius 2 is 1.69 bits per heavy atom. The fourth-order valence-electron chi connectivity index (χ4n) is 12.5. The number of nitrogens with zero attached hydrogens (tertiary/aromatic N) is 1. The number of hydrogen-bond acceptors (Lipinski definition) is 13. The summed E-state index contributed by atoms with van der Waals surface area (Å²) < 4.78 is 42.7. The molecule has 266 valence electrons. The molecular formula is C35H49NO12. The molecule has 0 amide bonds. The Kier molecular flexibility index (Phi) is 8.24. The van der Waals surface area contributed by atoms with Crippen molar-refractivity contribution in [2.75, 3.05) is 55.2 Å². The van der Waals surface area contributed by atoms with E-state index < -0.39 is 94.3 Å². The second-order valence-corrected chi connectivity index (χ2v) is 14.8. The molecule has 0 radical (unpaired) electrons. The average Bonchev–Trinajstić information content (AvgIpc) is 3.44. The van der Waals surface area contributed by atoms with E-state index in [1.54, 1.807) is 45.6 Å². The van der Waals surface area contributed by atoms with Crippen LogP contribution in [0, 0.1) is 34.5 Å². The lowest BCUT2D eigenvalue weighted by Crippen LogP contribution is -2.81. The van der Waals surface area contributed by atoms with Crippen molar-refractivity contribution in [2.45, 2.75) is 80.6 Å². The molecule has 5 saturated carbocycles. The molecule has 5 aliphatic carbocycles. The van der Waals surface area contributed by atoms with Crippen molar-refractivity contribution in [3.8, 4) is 5.75 Å². The first-order chi connectivity index (χ1) is 22.9. The number of fused-ring (bicyclic) bond motifs is 2. The molecule has 13 heteroatoms. The van der Waals surface area contributed by atoms with Crippen molar-refractivity contribution in [3.05, 3.63) is 29.8 Å². The lowest BCUT2D eigenvalue weighted by molar-refractivity contribution is -0.322. The van der Waals surface area contributed by atoms with Crippen LogP contribution in [-0.2, 0) is 33.2 Å². The van der Waals surface area contributed by atoms with Gasteiger partial charge in [0.15, 0.2) is 5.60 Å². The number of likely N-dealkylation sites (tertiary alicyclic amines) is 1. The Balaban J connectivity index is 1.50. The van der Waals surface area contributed by atoms with E-state index in [2.05, 4.69) is 4.90 Å². The summed E-state index contributed by atoms with van der Waals surface area (Å²) in [6.45, 7) is 4.64. The first-order valence-electron chi connectivity index (χ1n) is 16.9. The number of carbonyl (C=O) groups excluding carboxylic acids is 2. The van der Waals surface area contributed by atoms with Crippen LogP contribution >= 0.6 is 0 Å². The van der Waals surface area contributed by atoms with Crippen LogP contribution in [0.4, 0.5) is 0 Å². The number of aliphatic hydroxyl groups is 3. The Morgan fingerprint density at radius 3 is 2.25 bits per heavy atom. The van der Waals surface area contributed by atoms with Gasteiger partial charge in [-0.05, 0) is 43.1 Å². The molecule has 1 aromatic rings. The van der Waals surface area contributed by atoms with Crippen LogP contribution in [0.3, 0.4) is 0 Å². The normalized spacial score (nSPS) is 48.2.